The molecule has 144 valence electrons. The summed E-state index contributed by atoms with van der Waals surface area (Å²) >= 11 is 1.31. The molecule has 1 N–H and O–H groups in total. The molecular weight excluding hydrogens is 378 g/mol. The zero-order valence-electron chi connectivity index (χ0n) is 15.7. The molecular formula is C18H19N7O2S. The molecule has 4 aromatic rings. The molecule has 4 aromatic heterocycles. The number of aryl methyl sites for hydroxylation is 1. The fourth-order valence-electron chi connectivity index (χ4n) is 2.72. The van der Waals surface area contributed by atoms with Gasteiger partial charge in [0, 0.05) is 29.7 Å². The van der Waals surface area contributed by atoms with Crippen LogP contribution in [0.2, 0.25) is 0 Å². The molecule has 0 aliphatic carbocycles. The highest BCUT2D eigenvalue weighted by molar-refractivity contribution is 7.20. The van der Waals surface area contributed by atoms with E-state index in [-0.39, 0.29) is 17.5 Å². The van der Waals surface area contributed by atoms with Crippen LogP contribution in [0.5, 0.6) is 0 Å². The maximum atomic E-state index is 12.2. The second-order valence-electron chi connectivity index (χ2n) is 6.60. The molecule has 4 rings (SSSR count). The third-order valence-electron chi connectivity index (χ3n) is 4.23. The van der Waals surface area contributed by atoms with Gasteiger partial charge in [-0.3, -0.25) is 9.78 Å². The van der Waals surface area contributed by atoms with Gasteiger partial charge in [0.1, 0.15) is 6.04 Å². The molecule has 9 nitrogen and oxygen atoms in total. The first-order chi connectivity index (χ1) is 13.5. The summed E-state index contributed by atoms with van der Waals surface area (Å²) in [5.41, 5.74) is 1.34. The average Bonchev–Trinajstić information content (AvgIpc) is 3.33. The second-order valence-corrected chi connectivity index (χ2v) is 7.56. The van der Waals surface area contributed by atoms with Crippen LogP contribution in [0.25, 0.3) is 16.3 Å². The number of aromatic nitrogens is 6. The molecule has 0 saturated heterocycles. The van der Waals surface area contributed by atoms with E-state index in [0.717, 1.165) is 11.3 Å². The van der Waals surface area contributed by atoms with Crippen LogP contribution in [0.1, 0.15) is 38.4 Å². The van der Waals surface area contributed by atoms with Gasteiger partial charge in [-0.1, -0.05) is 37.3 Å². The number of fused-ring (bicyclic) bond motifs is 1. The van der Waals surface area contributed by atoms with Crippen molar-refractivity contribution in [2.45, 2.75) is 33.2 Å². The third-order valence-corrected chi connectivity index (χ3v) is 5.07. The lowest BCUT2D eigenvalue weighted by atomic mass is 10.1. The predicted molar refractivity (Wildman–Crippen MR) is 105 cm³/mol. The normalized spacial score (nSPS) is 12.6. The van der Waals surface area contributed by atoms with Crippen LogP contribution in [0, 0.1) is 5.92 Å². The maximum absolute atomic E-state index is 12.2. The Bertz CT molecular complexity index is 1150. The van der Waals surface area contributed by atoms with Crippen LogP contribution in [-0.4, -0.2) is 29.7 Å². The van der Waals surface area contributed by atoms with E-state index < -0.39 is 0 Å². The van der Waals surface area contributed by atoms with Crippen LogP contribution in [0.3, 0.4) is 0 Å². The standard InChI is InChI=1S/C18H19N7O2S/c1-4-12-8-13(26)25-18(20-12)28-17(23-25)21-14(10(2)3)16-22-15(24-27-16)11-6-5-7-19-9-11/h5-10,14H,4H2,1-3H3,(H,21,23). The Morgan fingerprint density at radius 2 is 2.18 bits per heavy atom. The Balaban J connectivity index is 1.65. The molecule has 10 heteroatoms. The van der Waals surface area contributed by atoms with Gasteiger partial charge in [0.25, 0.3) is 5.56 Å². The van der Waals surface area contributed by atoms with Crippen LogP contribution in [0.15, 0.2) is 39.9 Å². The second kappa shape index (κ2) is 7.47. The molecule has 1 atom stereocenters. The molecule has 1 unspecified atom stereocenters. The number of hydrogen-bond acceptors (Lipinski definition) is 9. The third kappa shape index (κ3) is 3.50. The summed E-state index contributed by atoms with van der Waals surface area (Å²) in [7, 11) is 0. The van der Waals surface area contributed by atoms with Gasteiger partial charge in [-0.05, 0) is 24.5 Å². The number of pyridine rings is 1. The van der Waals surface area contributed by atoms with Crippen molar-refractivity contribution in [2.75, 3.05) is 5.32 Å². The van der Waals surface area contributed by atoms with Crippen LogP contribution < -0.4 is 10.9 Å². The van der Waals surface area contributed by atoms with E-state index in [4.69, 9.17) is 4.52 Å². The first kappa shape index (κ1) is 18.2. The molecule has 0 radical (unpaired) electrons. The summed E-state index contributed by atoms with van der Waals surface area (Å²) in [4.78, 5) is 25.8. The molecule has 0 amide bonds. The molecule has 0 aliphatic rings. The van der Waals surface area contributed by atoms with E-state index in [9.17, 15) is 4.79 Å². The van der Waals surface area contributed by atoms with E-state index in [1.807, 2.05) is 32.9 Å². The first-order valence-corrected chi connectivity index (χ1v) is 9.77. The minimum Gasteiger partial charge on any atom is -0.348 e. The molecule has 0 bridgehead atoms. The highest BCUT2D eigenvalue weighted by atomic mass is 32.1. The lowest BCUT2D eigenvalue weighted by Gasteiger charge is -2.17. The number of hydrogen-bond donors (Lipinski definition) is 1. The van der Waals surface area contributed by atoms with Crippen LogP contribution in [-0.2, 0) is 6.42 Å². The van der Waals surface area contributed by atoms with E-state index in [1.54, 1.807) is 12.4 Å². The summed E-state index contributed by atoms with van der Waals surface area (Å²) in [5, 5.41) is 12.3. The average molecular weight is 397 g/mol. The summed E-state index contributed by atoms with van der Waals surface area (Å²) in [6.07, 6.45) is 4.07. The Labute approximate surface area is 164 Å². The zero-order valence-corrected chi connectivity index (χ0v) is 16.5. The topological polar surface area (TPSA) is 111 Å². The molecule has 0 aromatic carbocycles. The smallest absolute Gasteiger partial charge is 0.275 e. The van der Waals surface area contributed by atoms with E-state index in [2.05, 4.69) is 30.5 Å². The van der Waals surface area contributed by atoms with Gasteiger partial charge in [-0.25, -0.2) is 4.98 Å². The maximum Gasteiger partial charge on any atom is 0.275 e. The molecule has 0 saturated carbocycles. The van der Waals surface area contributed by atoms with Crippen molar-refractivity contribution in [2.24, 2.45) is 5.92 Å². The lowest BCUT2D eigenvalue weighted by molar-refractivity contribution is 0.336. The predicted octanol–water partition coefficient (Wildman–Crippen LogP) is 2.97. The van der Waals surface area contributed by atoms with Crippen LogP contribution >= 0.6 is 11.3 Å². The quantitative estimate of drug-likeness (QED) is 0.529. The van der Waals surface area contributed by atoms with Crippen molar-refractivity contribution in [1.29, 1.82) is 0 Å². The summed E-state index contributed by atoms with van der Waals surface area (Å²) in [5.74, 6) is 1.07. The zero-order chi connectivity index (χ0) is 19.7. The minimum atomic E-state index is -0.264. The number of rotatable bonds is 6. The van der Waals surface area contributed by atoms with Crippen molar-refractivity contribution in [3.8, 4) is 11.4 Å². The van der Waals surface area contributed by atoms with Gasteiger partial charge in [0.2, 0.25) is 21.8 Å². The first-order valence-electron chi connectivity index (χ1n) is 8.95. The monoisotopic (exact) mass is 397 g/mol. The van der Waals surface area contributed by atoms with Gasteiger partial charge >= 0.3 is 0 Å². The van der Waals surface area contributed by atoms with E-state index >= 15 is 0 Å². The van der Waals surface area contributed by atoms with Gasteiger partial charge < -0.3 is 9.84 Å². The number of nitrogens with zero attached hydrogens (tertiary/aromatic N) is 6. The Kier molecular flexibility index (Phi) is 4.86. The van der Waals surface area contributed by atoms with Crippen molar-refractivity contribution in [3.63, 3.8) is 0 Å². The fraction of sp³-hybridized carbons (Fsp3) is 0.333. The van der Waals surface area contributed by atoms with Crippen molar-refractivity contribution < 1.29 is 4.52 Å². The summed E-state index contributed by atoms with van der Waals surface area (Å²) in [6, 6.07) is 4.94. The molecule has 4 heterocycles. The highest BCUT2D eigenvalue weighted by Crippen LogP contribution is 2.29. The van der Waals surface area contributed by atoms with E-state index in [0.29, 0.717) is 28.2 Å². The number of nitrogens with one attached hydrogen (secondary N) is 1. The van der Waals surface area contributed by atoms with Gasteiger partial charge in [-0.2, -0.15) is 9.50 Å². The number of anilines is 1. The van der Waals surface area contributed by atoms with Crippen molar-refractivity contribution in [1.82, 2.24) is 29.7 Å². The highest BCUT2D eigenvalue weighted by Gasteiger charge is 2.24. The lowest BCUT2D eigenvalue weighted by Crippen LogP contribution is -2.18. The van der Waals surface area contributed by atoms with Crippen molar-refractivity contribution >= 4 is 21.4 Å². The molecule has 28 heavy (non-hydrogen) atoms. The SMILES string of the molecule is CCc1cc(=O)n2nc(NC(c3nc(-c4cccnc4)no3)C(C)C)sc2n1. The summed E-state index contributed by atoms with van der Waals surface area (Å²) < 4.78 is 6.79. The van der Waals surface area contributed by atoms with Gasteiger partial charge in [0.05, 0.1) is 0 Å². The minimum absolute atomic E-state index is 0.144. The Hall–Kier alpha value is -3.14. The van der Waals surface area contributed by atoms with E-state index in [1.165, 1.54) is 21.9 Å². The largest absolute Gasteiger partial charge is 0.348 e. The molecule has 0 aliphatic heterocycles. The molecule has 0 fully saturated rings. The fourth-order valence-corrected chi connectivity index (χ4v) is 3.58. The molecule has 0 spiro atoms. The summed E-state index contributed by atoms with van der Waals surface area (Å²) in [6.45, 7) is 6.04. The Morgan fingerprint density at radius 1 is 1.32 bits per heavy atom. The van der Waals surface area contributed by atoms with Crippen molar-refractivity contribution in [3.05, 3.63) is 52.5 Å². The van der Waals surface area contributed by atoms with Gasteiger partial charge in [0.15, 0.2) is 0 Å². The Morgan fingerprint density at radius 3 is 2.89 bits per heavy atom. The van der Waals surface area contributed by atoms with Crippen LogP contribution in [0.4, 0.5) is 5.13 Å². The van der Waals surface area contributed by atoms with Gasteiger partial charge in [-0.15, -0.1) is 5.10 Å².